The highest BCUT2D eigenvalue weighted by Gasteiger charge is 2.30. The van der Waals surface area contributed by atoms with E-state index in [2.05, 4.69) is 6.58 Å². The van der Waals surface area contributed by atoms with E-state index in [1.165, 1.54) is 17.9 Å². The zero-order chi connectivity index (χ0) is 16.5. The molecule has 0 fully saturated rings. The van der Waals surface area contributed by atoms with Gasteiger partial charge >= 0.3 is 5.97 Å². The standard InChI is InChI=1S/C14H25NO5S/c1-5-9-15(10-8-13(16)20-7-3)14(17)12(4)21(18,19)11-6-2/h6,12H,2,5,7-11H2,1,3-4H3. The Kier molecular flexibility index (Phi) is 8.92. The van der Waals surface area contributed by atoms with Crippen molar-refractivity contribution >= 4 is 21.7 Å². The SMILES string of the molecule is C=CCS(=O)(=O)C(C)C(=O)N(CCC)CCC(=O)OCC. The van der Waals surface area contributed by atoms with Gasteiger partial charge in [0.1, 0.15) is 5.25 Å². The number of carbonyl (C=O) groups is 2. The lowest BCUT2D eigenvalue weighted by Gasteiger charge is -2.25. The molecule has 0 radical (unpaired) electrons. The summed E-state index contributed by atoms with van der Waals surface area (Å²) < 4.78 is 28.6. The maximum atomic E-state index is 12.3. The Morgan fingerprint density at radius 2 is 1.90 bits per heavy atom. The van der Waals surface area contributed by atoms with Crippen LogP contribution in [0.15, 0.2) is 12.7 Å². The third kappa shape index (κ3) is 6.75. The zero-order valence-corrected chi connectivity index (χ0v) is 13.8. The summed E-state index contributed by atoms with van der Waals surface area (Å²) in [4.78, 5) is 25.0. The van der Waals surface area contributed by atoms with Gasteiger partial charge in [-0.25, -0.2) is 8.42 Å². The average molecular weight is 319 g/mol. The van der Waals surface area contributed by atoms with Crippen molar-refractivity contribution in [2.24, 2.45) is 0 Å². The Labute approximate surface area is 127 Å². The molecular weight excluding hydrogens is 294 g/mol. The van der Waals surface area contributed by atoms with Crippen LogP contribution in [0, 0.1) is 0 Å². The predicted molar refractivity (Wildman–Crippen MR) is 81.6 cm³/mol. The maximum Gasteiger partial charge on any atom is 0.307 e. The van der Waals surface area contributed by atoms with E-state index in [9.17, 15) is 18.0 Å². The van der Waals surface area contributed by atoms with Crippen LogP contribution in [-0.2, 0) is 24.2 Å². The molecule has 0 saturated heterocycles. The van der Waals surface area contributed by atoms with Gasteiger partial charge in [-0.05, 0) is 20.3 Å². The molecule has 1 atom stereocenters. The van der Waals surface area contributed by atoms with Gasteiger partial charge in [-0.1, -0.05) is 13.0 Å². The molecule has 6 nitrogen and oxygen atoms in total. The molecule has 0 spiro atoms. The van der Waals surface area contributed by atoms with E-state index in [1.54, 1.807) is 6.92 Å². The molecule has 0 aromatic heterocycles. The van der Waals surface area contributed by atoms with Crippen LogP contribution in [0.25, 0.3) is 0 Å². The fourth-order valence-corrected chi connectivity index (χ4v) is 2.85. The molecule has 7 heteroatoms. The molecular formula is C14H25NO5S. The van der Waals surface area contributed by atoms with Gasteiger partial charge in [-0.3, -0.25) is 9.59 Å². The van der Waals surface area contributed by atoms with Crippen molar-refractivity contribution < 1.29 is 22.7 Å². The Hall–Kier alpha value is -1.37. The van der Waals surface area contributed by atoms with Crippen molar-refractivity contribution in [2.75, 3.05) is 25.4 Å². The summed E-state index contributed by atoms with van der Waals surface area (Å²) in [5.74, 6) is -1.12. The molecule has 1 amide bonds. The van der Waals surface area contributed by atoms with Crippen LogP contribution in [-0.4, -0.2) is 55.9 Å². The highest BCUT2D eigenvalue weighted by Crippen LogP contribution is 2.09. The van der Waals surface area contributed by atoms with Gasteiger partial charge in [0.2, 0.25) is 5.91 Å². The summed E-state index contributed by atoms with van der Waals surface area (Å²) in [5.41, 5.74) is 0. The van der Waals surface area contributed by atoms with Gasteiger partial charge in [0.15, 0.2) is 9.84 Å². The first-order valence-electron chi connectivity index (χ1n) is 7.07. The first kappa shape index (κ1) is 19.6. The fraction of sp³-hybridized carbons (Fsp3) is 0.714. The number of amides is 1. The molecule has 0 aliphatic rings. The van der Waals surface area contributed by atoms with Crippen LogP contribution in [0.2, 0.25) is 0 Å². The number of sulfone groups is 1. The number of hydrogen-bond acceptors (Lipinski definition) is 5. The third-order valence-electron chi connectivity index (χ3n) is 2.93. The summed E-state index contributed by atoms with van der Waals surface area (Å²) in [5, 5.41) is -1.13. The third-order valence-corrected chi connectivity index (χ3v) is 4.91. The quantitative estimate of drug-likeness (QED) is 0.446. The molecule has 0 saturated carbocycles. The van der Waals surface area contributed by atoms with Gasteiger partial charge in [-0.15, -0.1) is 6.58 Å². The second-order valence-corrected chi connectivity index (χ2v) is 7.01. The Morgan fingerprint density at radius 3 is 2.38 bits per heavy atom. The number of ether oxygens (including phenoxy) is 1. The van der Waals surface area contributed by atoms with E-state index < -0.39 is 27.0 Å². The molecule has 0 heterocycles. The number of hydrogen-bond donors (Lipinski definition) is 0. The molecule has 0 aliphatic carbocycles. The van der Waals surface area contributed by atoms with Crippen LogP contribution < -0.4 is 0 Å². The topological polar surface area (TPSA) is 80.8 Å². The highest BCUT2D eigenvalue weighted by atomic mass is 32.2. The van der Waals surface area contributed by atoms with Crippen LogP contribution in [0.4, 0.5) is 0 Å². The lowest BCUT2D eigenvalue weighted by Crippen LogP contribution is -2.43. The van der Waals surface area contributed by atoms with E-state index in [0.29, 0.717) is 13.0 Å². The van der Waals surface area contributed by atoms with Crippen molar-refractivity contribution in [3.8, 4) is 0 Å². The fourth-order valence-electron chi connectivity index (χ4n) is 1.78. The molecule has 0 bridgehead atoms. The molecule has 0 aromatic rings. The maximum absolute atomic E-state index is 12.3. The lowest BCUT2D eigenvalue weighted by molar-refractivity contribution is -0.144. The molecule has 0 aliphatic heterocycles. The molecule has 122 valence electrons. The van der Waals surface area contributed by atoms with Crippen molar-refractivity contribution in [1.29, 1.82) is 0 Å². The Bertz CT molecular complexity index is 458. The van der Waals surface area contributed by atoms with E-state index >= 15 is 0 Å². The lowest BCUT2D eigenvalue weighted by atomic mass is 10.3. The number of rotatable bonds is 10. The van der Waals surface area contributed by atoms with Crippen LogP contribution in [0.5, 0.6) is 0 Å². The van der Waals surface area contributed by atoms with E-state index in [-0.39, 0.29) is 25.3 Å². The summed E-state index contributed by atoms with van der Waals surface area (Å²) >= 11 is 0. The zero-order valence-electron chi connectivity index (χ0n) is 13.0. The van der Waals surface area contributed by atoms with E-state index in [0.717, 1.165) is 0 Å². The van der Waals surface area contributed by atoms with Crippen molar-refractivity contribution in [3.63, 3.8) is 0 Å². The minimum atomic E-state index is -3.55. The molecule has 0 N–H and O–H groups in total. The minimum absolute atomic E-state index is 0.0633. The van der Waals surface area contributed by atoms with Crippen LogP contribution in [0.3, 0.4) is 0 Å². The number of carbonyl (C=O) groups excluding carboxylic acids is 2. The average Bonchev–Trinajstić information content (AvgIpc) is 2.42. The van der Waals surface area contributed by atoms with Gasteiger partial charge in [0.25, 0.3) is 0 Å². The van der Waals surface area contributed by atoms with Crippen LogP contribution in [0.1, 0.15) is 33.6 Å². The highest BCUT2D eigenvalue weighted by molar-refractivity contribution is 7.92. The smallest absolute Gasteiger partial charge is 0.307 e. The van der Waals surface area contributed by atoms with Gasteiger partial charge in [0, 0.05) is 13.1 Å². The summed E-state index contributed by atoms with van der Waals surface area (Å²) in [6.45, 7) is 9.20. The summed E-state index contributed by atoms with van der Waals surface area (Å²) in [7, 11) is -3.55. The molecule has 0 rings (SSSR count). The predicted octanol–water partition coefficient (Wildman–Crippen LogP) is 1.17. The minimum Gasteiger partial charge on any atom is -0.466 e. The van der Waals surface area contributed by atoms with E-state index in [1.807, 2.05) is 6.92 Å². The normalized spacial score (nSPS) is 12.5. The second kappa shape index (κ2) is 9.55. The first-order chi connectivity index (χ1) is 9.80. The Morgan fingerprint density at radius 1 is 1.29 bits per heavy atom. The van der Waals surface area contributed by atoms with Gasteiger partial charge < -0.3 is 9.64 Å². The monoisotopic (exact) mass is 319 g/mol. The van der Waals surface area contributed by atoms with Crippen molar-refractivity contribution in [3.05, 3.63) is 12.7 Å². The summed E-state index contributed by atoms with van der Waals surface area (Å²) in [6, 6.07) is 0. The molecule has 1 unspecified atom stereocenters. The van der Waals surface area contributed by atoms with Crippen molar-refractivity contribution in [1.82, 2.24) is 4.90 Å². The van der Waals surface area contributed by atoms with Crippen LogP contribution >= 0.6 is 0 Å². The number of esters is 1. The largest absolute Gasteiger partial charge is 0.466 e. The van der Waals surface area contributed by atoms with Gasteiger partial charge in [0.05, 0.1) is 18.8 Å². The van der Waals surface area contributed by atoms with Crippen molar-refractivity contribution in [2.45, 2.75) is 38.9 Å². The summed E-state index contributed by atoms with van der Waals surface area (Å²) in [6.07, 6.45) is 2.01. The molecule has 0 aromatic carbocycles. The second-order valence-electron chi connectivity index (χ2n) is 4.64. The van der Waals surface area contributed by atoms with E-state index in [4.69, 9.17) is 4.74 Å². The number of nitrogens with zero attached hydrogens (tertiary/aromatic N) is 1. The van der Waals surface area contributed by atoms with Gasteiger partial charge in [-0.2, -0.15) is 0 Å². The first-order valence-corrected chi connectivity index (χ1v) is 8.78. The molecule has 21 heavy (non-hydrogen) atoms. The Balaban J connectivity index is 4.82.